The van der Waals surface area contributed by atoms with Gasteiger partial charge < -0.3 is 4.42 Å². The van der Waals surface area contributed by atoms with E-state index in [2.05, 4.69) is 27.6 Å². The Morgan fingerprint density at radius 3 is 3.00 bits per heavy atom. The monoisotopic (exact) mass is 319 g/mol. The van der Waals surface area contributed by atoms with E-state index in [9.17, 15) is 0 Å². The van der Waals surface area contributed by atoms with E-state index in [-0.39, 0.29) is 0 Å². The summed E-state index contributed by atoms with van der Waals surface area (Å²) in [4.78, 5) is 4.04. The number of rotatable bonds is 2. The van der Waals surface area contributed by atoms with Gasteiger partial charge in [-0.2, -0.15) is 0 Å². The second-order valence-corrected chi connectivity index (χ2v) is 4.29. The van der Waals surface area contributed by atoms with Gasteiger partial charge in [0.2, 0.25) is 0 Å². The number of aromatic nitrogens is 1. The molecular formula is C10H7ClINO. The number of hydrogen-bond acceptors (Lipinski definition) is 2. The van der Waals surface area contributed by atoms with Crippen LogP contribution in [-0.2, 0) is 5.88 Å². The molecule has 1 aromatic heterocycles. The van der Waals surface area contributed by atoms with E-state index in [0.29, 0.717) is 5.88 Å². The van der Waals surface area contributed by atoms with E-state index in [1.807, 2.05) is 24.3 Å². The Balaban J connectivity index is 2.49. The van der Waals surface area contributed by atoms with E-state index < -0.39 is 0 Å². The SMILES string of the molecule is ClCc1ncoc1-c1cccc(I)c1. The van der Waals surface area contributed by atoms with Crippen molar-refractivity contribution in [3.05, 3.63) is 39.9 Å². The van der Waals surface area contributed by atoms with Crippen LogP contribution in [0.2, 0.25) is 0 Å². The van der Waals surface area contributed by atoms with Gasteiger partial charge in [0.15, 0.2) is 12.2 Å². The molecule has 1 heterocycles. The molecule has 0 saturated carbocycles. The zero-order chi connectivity index (χ0) is 9.97. The topological polar surface area (TPSA) is 26.0 Å². The van der Waals surface area contributed by atoms with Gasteiger partial charge in [0.1, 0.15) is 5.69 Å². The summed E-state index contributed by atoms with van der Waals surface area (Å²) in [5, 5.41) is 0. The Morgan fingerprint density at radius 2 is 2.29 bits per heavy atom. The summed E-state index contributed by atoms with van der Waals surface area (Å²) in [6.07, 6.45) is 1.42. The number of benzene rings is 1. The Labute approximate surface area is 100 Å². The molecule has 0 aliphatic carbocycles. The van der Waals surface area contributed by atoms with Crippen molar-refractivity contribution < 1.29 is 4.42 Å². The van der Waals surface area contributed by atoms with Crippen molar-refractivity contribution in [1.82, 2.24) is 4.98 Å². The van der Waals surface area contributed by atoms with E-state index in [1.54, 1.807) is 0 Å². The van der Waals surface area contributed by atoms with Gasteiger partial charge in [-0.3, -0.25) is 0 Å². The van der Waals surface area contributed by atoms with Crippen LogP contribution in [0.4, 0.5) is 0 Å². The second-order valence-electron chi connectivity index (χ2n) is 2.77. The molecule has 72 valence electrons. The lowest BCUT2D eigenvalue weighted by Gasteiger charge is -1.98. The van der Waals surface area contributed by atoms with Crippen molar-refractivity contribution in [3.8, 4) is 11.3 Å². The highest BCUT2D eigenvalue weighted by Gasteiger charge is 2.09. The van der Waals surface area contributed by atoms with Crippen LogP contribution in [0.3, 0.4) is 0 Å². The minimum absolute atomic E-state index is 0.372. The van der Waals surface area contributed by atoms with Crippen molar-refractivity contribution in [1.29, 1.82) is 0 Å². The maximum absolute atomic E-state index is 5.74. The summed E-state index contributed by atoms with van der Waals surface area (Å²) in [5.74, 6) is 1.13. The summed E-state index contributed by atoms with van der Waals surface area (Å²) < 4.78 is 6.46. The first-order chi connectivity index (χ1) is 6.81. The standard InChI is InChI=1S/C10H7ClINO/c11-5-9-10(14-6-13-9)7-2-1-3-8(12)4-7/h1-4,6H,5H2. The van der Waals surface area contributed by atoms with Crippen molar-refractivity contribution in [2.75, 3.05) is 0 Å². The lowest BCUT2D eigenvalue weighted by atomic mass is 10.1. The van der Waals surface area contributed by atoms with Gasteiger partial charge in [0.05, 0.1) is 5.88 Å². The molecule has 0 aliphatic heterocycles. The number of alkyl halides is 1. The third kappa shape index (κ3) is 1.93. The average molecular weight is 320 g/mol. The predicted octanol–water partition coefficient (Wildman–Crippen LogP) is 3.69. The molecule has 0 fully saturated rings. The van der Waals surface area contributed by atoms with Crippen molar-refractivity contribution in [2.24, 2.45) is 0 Å². The summed E-state index contributed by atoms with van der Waals surface area (Å²) in [5.41, 5.74) is 1.80. The van der Waals surface area contributed by atoms with Crippen LogP contribution in [0.1, 0.15) is 5.69 Å². The molecule has 2 nitrogen and oxygen atoms in total. The van der Waals surface area contributed by atoms with Crippen molar-refractivity contribution >= 4 is 34.2 Å². The van der Waals surface area contributed by atoms with Crippen LogP contribution in [-0.4, -0.2) is 4.98 Å². The first-order valence-corrected chi connectivity index (χ1v) is 5.67. The highest BCUT2D eigenvalue weighted by Crippen LogP contribution is 2.25. The van der Waals surface area contributed by atoms with E-state index >= 15 is 0 Å². The zero-order valence-electron chi connectivity index (χ0n) is 7.21. The number of oxazole rings is 1. The predicted molar refractivity (Wildman–Crippen MR) is 64.2 cm³/mol. The van der Waals surface area contributed by atoms with Crippen LogP contribution in [0.15, 0.2) is 35.1 Å². The van der Waals surface area contributed by atoms with E-state index in [1.165, 1.54) is 6.39 Å². The van der Waals surface area contributed by atoms with Crippen LogP contribution < -0.4 is 0 Å². The van der Waals surface area contributed by atoms with Gasteiger partial charge in [-0.1, -0.05) is 12.1 Å². The van der Waals surface area contributed by atoms with E-state index in [4.69, 9.17) is 16.0 Å². The van der Waals surface area contributed by atoms with Gasteiger partial charge in [-0.05, 0) is 34.7 Å². The molecule has 0 unspecified atom stereocenters. The average Bonchev–Trinajstić information content (AvgIpc) is 2.65. The molecule has 0 spiro atoms. The van der Waals surface area contributed by atoms with Gasteiger partial charge in [-0.15, -0.1) is 11.6 Å². The molecule has 2 aromatic rings. The molecule has 14 heavy (non-hydrogen) atoms. The zero-order valence-corrected chi connectivity index (χ0v) is 10.1. The minimum Gasteiger partial charge on any atom is -0.443 e. The number of hydrogen-bond donors (Lipinski definition) is 0. The fourth-order valence-electron chi connectivity index (χ4n) is 1.23. The molecule has 0 radical (unpaired) electrons. The number of halogens is 2. The first kappa shape index (κ1) is 9.98. The molecular weight excluding hydrogens is 312 g/mol. The summed E-state index contributed by atoms with van der Waals surface area (Å²) in [6, 6.07) is 8.04. The molecule has 0 N–H and O–H groups in total. The molecule has 0 saturated heterocycles. The Bertz CT molecular complexity index is 441. The third-order valence-electron chi connectivity index (χ3n) is 1.85. The Kier molecular flexibility index (Phi) is 3.08. The lowest BCUT2D eigenvalue weighted by Crippen LogP contribution is -1.83. The van der Waals surface area contributed by atoms with Crippen molar-refractivity contribution in [3.63, 3.8) is 0 Å². The van der Waals surface area contributed by atoms with Crippen LogP contribution in [0, 0.1) is 3.57 Å². The fraction of sp³-hybridized carbons (Fsp3) is 0.100. The van der Waals surface area contributed by atoms with Crippen LogP contribution >= 0.6 is 34.2 Å². The third-order valence-corrected chi connectivity index (χ3v) is 2.78. The molecule has 0 aliphatic rings. The molecule has 0 bridgehead atoms. The minimum atomic E-state index is 0.372. The normalized spacial score (nSPS) is 10.4. The highest BCUT2D eigenvalue weighted by atomic mass is 127. The van der Waals surface area contributed by atoms with Gasteiger partial charge in [-0.25, -0.2) is 4.98 Å². The molecule has 4 heteroatoms. The van der Waals surface area contributed by atoms with Crippen LogP contribution in [0.25, 0.3) is 11.3 Å². The van der Waals surface area contributed by atoms with Gasteiger partial charge >= 0.3 is 0 Å². The summed E-state index contributed by atoms with van der Waals surface area (Å²) in [6.45, 7) is 0. The lowest BCUT2D eigenvalue weighted by molar-refractivity contribution is 0.571. The smallest absolute Gasteiger partial charge is 0.181 e. The van der Waals surface area contributed by atoms with Gasteiger partial charge in [0, 0.05) is 9.13 Å². The summed E-state index contributed by atoms with van der Waals surface area (Å²) in [7, 11) is 0. The van der Waals surface area contributed by atoms with Crippen LogP contribution in [0.5, 0.6) is 0 Å². The summed E-state index contributed by atoms with van der Waals surface area (Å²) >= 11 is 8.00. The van der Waals surface area contributed by atoms with E-state index in [0.717, 1.165) is 20.6 Å². The fourth-order valence-corrected chi connectivity index (χ4v) is 1.96. The second kappa shape index (κ2) is 4.31. The Hall–Kier alpha value is -0.550. The maximum atomic E-state index is 5.74. The molecule has 1 aromatic carbocycles. The molecule has 2 rings (SSSR count). The number of nitrogens with zero attached hydrogens (tertiary/aromatic N) is 1. The maximum Gasteiger partial charge on any atom is 0.181 e. The largest absolute Gasteiger partial charge is 0.443 e. The highest BCUT2D eigenvalue weighted by molar-refractivity contribution is 14.1. The Morgan fingerprint density at radius 1 is 1.43 bits per heavy atom. The quantitative estimate of drug-likeness (QED) is 0.623. The molecule has 0 amide bonds. The molecule has 0 atom stereocenters. The van der Waals surface area contributed by atoms with Crippen molar-refractivity contribution in [2.45, 2.75) is 5.88 Å². The first-order valence-electron chi connectivity index (χ1n) is 4.05. The van der Waals surface area contributed by atoms with Gasteiger partial charge in [0.25, 0.3) is 0 Å².